The van der Waals surface area contributed by atoms with Gasteiger partial charge in [0.1, 0.15) is 12.7 Å². The molecule has 0 amide bonds. The fraction of sp³-hybridized carbons (Fsp3) is 0.737. The molecule has 0 saturated carbocycles. The molecule has 0 heterocycles. The van der Waals surface area contributed by atoms with Crippen molar-refractivity contribution in [2.45, 2.75) is 76.7 Å². The van der Waals surface area contributed by atoms with E-state index in [1.807, 2.05) is 6.08 Å². The quantitative estimate of drug-likeness (QED) is 0.256. The second-order valence-corrected chi connectivity index (χ2v) is 5.87. The number of hydrogen-bond donors (Lipinski definition) is 2. The van der Waals surface area contributed by atoms with Gasteiger partial charge in [0, 0.05) is 6.42 Å². The molecule has 0 aliphatic carbocycles. The molecule has 4 nitrogen and oxygen atoms in total. The van der Waals surface area contributed by atoms with Crippen LogP contribution in [-0.4, -0.2) is 35.5 Å². The van der Waals surface area contributed by atoms with Crippen LogP contribution in [0.3, 0.4) is 0 Å². The average Bonchev–Trinajstić information content (AvgIpc) is 2.56. The minimum absolute atomic E-state index is 0.116. The summed E-state index contributed by atoms with van der Waals surface area (Å²) in [5.74, 6) is -0.295. The van der Waals surface area contributed by atoms with Gasteiger partial charge in [-0.3, -0.25) is 4.79 Å². The summed E-state index contributed by atoms with van der Waals surface area (Å²) >= 11 is 0. The van der Waals surface area contributed by atoms with Crippen LogP contribution in [0.1, 0.15) is 70.6 Å². The lowest BCUT2D eigenvalue weighted by atomic mass is 10.1. The Balaban J connectivity index is 3.25. The zero-order chi connectivity index (χ0) is 17.2. The maximum absolute atomic E-state index is 11.3. The standard InChI is InChI=1S/C19H34O4/c1-2-3-4-5-6-7-8-9-10-11-12-13-14-15-19(22)23-17-18(21)16-20/h2,7-8,18,20-21H,1,3-6,9-17H2/b8-7+. The van der Waals surface area contributed by atoms with Gasteiger partial charge in [0.25, 0.3) is 0 Å². The van der Waals surface area contributed by atoms with Crippen molar-refractivity contribution in [3.63, 3.8) is 0 Å². The molecule has 1 atom stereocenters. The number of ether oxygens (including phenoxy) is 1. The Morgan fingerprint density at radius 2 is 1.52 bits per heavy atom. The third kappa shape index (κ3) is 17.1. The third-order valence-electron chi connectivity index (χ3n) is 3.59. The molecule has 0 aliphatic heterocycles. The van der Waals surface area contributed by atoms with Crippen molar-refractivity contribution >= 4 is 5.97 Å². The Morgan fingerprint density at radius 1 is 0.957 bits per heavy atom. The van der Waals surface area contributed by atoms with Crippen LogP contribution in [0.15, 0.2) is 24.8 Å². The van der Waals surface area contributed by atoms with E-state index in [1.165, 1.54) is 32.1 Å². The molecule has 0 aromatic carbocycles. The van der Waals surface area contributed by atoms with E-state index in [-0.39, 0.29) is 19.2 Å². The maximum Gasteiger partial charge on any atom is 0.305 e. The number of unbranched alkanes of at least 4 members (excludes halogenated alkanes) is 8. The molecular weight excluding hydrogens is 292 g/mol. The van der Waals surface area contributed by atoms with Crippen molar-refractivity contribution in [2.75, 3.05) is 13.2 Å². The van der Waals surface area contributed by atoms with Gasteiger partial charge in [-0.05, 0) is 44.9 Å². The van der Waals surface area contributed by atoms with Gasteiger partial charge in [0.15, 0.2) is 0 Å². The first-order chi connectivity index (χ1) is 11.2. The Morgan fingerprint density at radius 3 is 2.17 bits per heavy atom. The van der Waals surface area contributed by atoms with Gasteiger partial charge in [0.2, 0.25) is 0 Å². The summed E-state index contributed by atoms with van der Waals surface area (Å²) in [6.45, 7) is 3.22. The Kier molecular flexibility index (Phi) is 16.4. The molecule has 0 fully saturated rings. The minimum Gasteiger partial charge on any atom is -0.463 e. The molecule has 0 radical (unpaired) electrons. The first kappa shape index (κ1) is 21.9. The number of aliphatic hydroxyl groups excluding tert-OH is 2. The zero-order valence-electron chi connectivity index (χ0n) is 14.4. The van der Waals surface area contributed by atoms with Gasteiger partial charge < -0.3 is 14.9 Å². The van der Waals surface area contributed by atoms with Crippen LogP contribution in [0.4, 0.5) is 0 Å². The van der Waals surface area contributed by atoms with Gasteiger partial charge in [-0.1, -0.05) is 37.5 Å². The molecule has 1 unspecified atom stereocenters. The van der Waals surface area contributed by atoms with Gasteiger partial charge in [-0.25, -0.2) is 0 Å². The molecule has 4 heteroatoms. The van der Waals surface area contributed by atoms with Crippen LogP contribution in [0.2, 0.25) is 0 Å². The van der Waals surface area contributed by atoms with Crippen LogP contribution in [0.5, 0.6) is 0 Å². The summed E-state index contributed by atoms with van der Waals surface area (Å²) in [6, 6.07) is 0. The fourth-order valence-corrected chi connectivity index (χ4v) is 2.16. The van der Waals surface area contributed by atoms with E-state index in [2.05, 4.69) is 18.7 Å². The molecule has 0 aromatic rings. The second-order valence-electron chi connectivity index (χ2n) is 5.87. The van der Waals surface area contributed by atoms with Gasteiger partial charge >= 0.3 is 5.97 Å². The lowest BCUT2D eigenvalue weighted by Crippen LogP contribution is -2.21. The Bertz CT molecular complexity index is 312. The van der Waals surface area contributed by atoms with E-state index in [4.69, 9.17) is 14.9 Å². The van der Waals surface area contributed by atoms with Crippen LogP contribution >= 0.6 is 0 Å². The molecule has 0 saturated heterocycles. The minimum atomic E-state index is -0.964. The van der Waals surface area contributed by atoms with Crippen molar-refractivity contribution in [3.8, 4) is 0 Å². The molecule has 0 rings (SSSR count). The zero-order valence-corrected chi connectivity index (χ0v) is 14.4. The van der Waals surface area contributed by atoms with Crippen LogP contribution in [0.25, 0.3) is 0 Å². The summed E-state index contributed by atoms with van der Waals surface area (Å²) in [7, 11) is 0. The Labute approximate surface area is 141 Å². The number of hydrogen-bond acceptors (Lipinski definition) is 4. The molecule has 0 spiro atoms. The SMILES string of the molecule is C=CCCCC/C=C/CCCCCCCC(=O)OCC(O)CO. The average molecular weight is 326 g/mol. The van der Waals surface area contributed by atoms with Crippen molar-refractivity contribution in [2.24, 2.45) is 0 Å². The normalized spacial score (nSPS) is 12.4. The second kappa shape index (κ2) is 17.2. The summed E-state index contributed by atoms with van der Waals surface area (Å²) in [5, 5.41) is 17.7. The molecule has 23 heavy (non-hydrogen) atoms. The lowest BCUT2D eigenvalue weighted by molar-refractivity contribution is -0.147. The number of allylic oxidation sites excluding steroid dienone is 3. The van der Waals surface area contributed by atoms with Crippen molar-refractivity contribution in [1.29, 1.82) is 0 Å². The number of esters is 1. The van der Waals surface area contributed by atoms with Crippen LogP contribution in [-0.2, 0) is 9.53 Å². The molecule has 134 valence electrons. The highest BCUT2D eigenvalue weighted by Gasteiger charge is 2.07. The fourth-order valence-electron chi connectivity index (χ4n) is 2.16. The topological polar surface area (TPSA) is 66.8 Å². The third-order valence-corrected chi connectivity index (χ3v) is 3.59. The van der Waals surface area contributed by atoms with E-state index in [1.54, 1.807) is 0 Å². The van der Waals surface area contributed by atoms with E-state index in [0.29, 0.717) is 6.42 Å². The van der Waals surface area contributed by atoms with E-state index >= 15 is 0 Å². The molecule has 0 aromatic heterocycles. The molecule has 0 aliphatic rings. The number of rotatable bonds is 16. The predicted octanol–water partition coefficient (Wildman–Crippen LogP) is 3.92. The number of carbonyl (C=O) groups is 1. The largest absolute Gasteiger partial charge is 0.463 e. The highest BCUT2D eigenvalue weighted by molar-refractivity contribution is 5.69. The molecular formula is C19H34O4. The highest BCUT2D eigenvalue weighted by Crippen LogP contribution is 2.09. The summed E-state index contributed by atoms with van der Waals surface area (Å²) in [6.07, 6.45) is 17.2. The van der Waals surface area contributed by atoms with Crippen LogP contribution < -0.4 is 0 Å². The first-order valence-corrected chi connectivity index (χ1v) is 8.91. The summed E-state index contributed by atoms with van der Waals surface area (Å²) < 4.78 is 4.84. The molecule has 2 N–H and O–H groups in total. The number of carbonyl (C=O) groups excluding carboxylic acids is 1. The van der Waals surface area contributed by atoms with Gasteiger partial charge in [0.05, 0.1) is 6.61 Å². The van der Waals surface area contributed by atoms with Gasteiger partial charge in [-0.15, -0.1) is 6.58 Å². The number of aliphatic hydroxyl groups is 2. The van der Waals surface area contributed by atoms with Crippen molar-refractivity contribution in [3.05, 3.63) is 24.8 Å². The van der Waals surface area contributed by atoms with E-state index < -0.39 is 6.10 Å². The first-order valence-electron chi connectivity index (χ1n) is 8.91. The van der Waals surface area contributed by atoms with Crippen molar-refractivity contribution in [1.82, 2.24) is 0 Å². The smallest absolute Gasteiger partial charge is 0.305 e. The van der Waals surface area contributed by atoms with E-state index in [9.17, 15) is 4.79 Å². The predicted molar refractivity (Wildman–Crippen MR) is 94.2 cm³/mol. The maximum atomic E-state index is 11.3. The van der Waals surface area contributed by atoms with Gasteiger partial charge in [-0.2, -0.15) is 0 Å². The molecule has 0 bridgehead atoms. The summed E-state index contributed by atoms with van der Waals surface area (Å²) in [5.41, 5.74) is 0. The van der Waals surface area contributed by atoms with Crippen LogP contribution in [0, 0.1) is 0 Å². The van der Waals surface area contributed by atoms with Crippen molar-refractivity contribution < 1.29 is 19.7 Å². The van der Waals surface area contributed by atoms with E-state index in [0.717, 1.165) is 32.1 Å². The lowest BCUT2D eigenvalue weighted by Gasteiger charge is -2.08. The summed E-state index contributed by atoms with van der Waals surface area (Å²) in [4.78, 5) is 11.3. The Hall–Kier alpha value is -1.13. The monoisotopic (exact) mass is 326 g/mol. The highest BCUT2D eigenvalue weighted by atomic mass is 16.5.